The van der Waals surface area contributed by atoms with Crippen LogP contribution in [0.3, 0.4) is 0 Å². The van der Waals surface area contributed by atoms with Crippen molar-refractivity contribution in [3.63, 3.8) is 0 Å². The summed E-state index contributed by atoms with van der Waals surface area (Å²) in [6.07, 6.45) is 1.89. The van der Waals surface area contributed by atoms with Crippen LogP contribution in [0.15, 0.2) is 60.8 Å². The zero-order valence-corrected chi connectivity index (χ0v) is 15.1. The molecule has 0 aliphatic rings. The van der Waals surface area contributed by atoms with E-state index >= 15 is 0 Å². The van der Waals surface area contributed by atoms with Crippen molar-refractivity contribution >= 4 is 11.3 Å². The van der Waals surface area contributed by atoms with Crippen LogP contribution in [0, 0.1) is 6.92 Å². The van der Waals surface area contributed by atoms with Crippen molar-refractivity contribution in [3.05, 3.63) is 65.8 Å². The fourth-order valence-electron chi connectivity index (χ4n) is 2.92. The predicted molar refractivity (Wildman–Crippen MR) is 104 cm³/mol. The van der Waals surface area contributed by atoms with E-state index in [1.165, 1.54) is 0 Å². The SMILES string of the molecule is Cc1nnc(-c2ccccc2-c2cccc(-c3ccn(CCO)n3)c2)s1. The Kier molecular flexibility index (Phi) is 4.60. The van der Waals surface area contributed by atoms with E-state index in [9.17, 15) is 0 Å². The van der Waals surface area contributed by atoms with Crippen LogP contribution in [0.5, 0.6) is 0 Å². The molecule has 0 bridgehead atoms. The Morgan fingerprint density at radius 3 is 2.54 bits per heavy atom. The molecule has 2 heterocycles. The number of aliphatic hydroxyl groups is 1. The topological polar surface area (TPSA) is 63.8 Å². The van der Waals surface area contributed by atoms with E-state index in [2.05, 4.69) is 39.6 Å². The number of benzene rings is 2. The Morgan fingerprint density at radius 2 is 1.77 bits per heavy atom. The van der Waals surface area contributed by atoms with Gasteiger partial charge in [0, 0.05) is 17.3 Å². The zero-order valence-electron chi connectivity index (χ0n) is 14.3. The maximum absolute atomic E-state index is 9.06. The first kappa shape index (κ1) is 16.6. The van der Waals surface area contributed by atoms with Gasteiger partial charge in [0.05, 0.1) is 18.8 Å². The van der Waals surface area contributed by atoms with Crippen molar-refractivity contribution in [2.45, 2.75) is 13.5 Å². The van der Waals surface area contributed by atoms with Gasteiger partial charge in [0.1, 0.15) is 10.0 Å². The standard InChI is InChI=1S/C20H18N4OS/c1-14-21-22-20(26-14)18-8-3-2-7-17(18)15-5-4-6-16(13-15)19-9-10-24(23-19)11-12-25/h2-10,13,25H,11-12H2,1H3. The van der Waals surface area contributed by atoms with Crippen LogP contribution >= 0.6 is 11.3 Å². The molecule has 1 N–H and O–H groups in total. The molecule has 6 heteroatoms. The molecule has 0 saturated heterocycles. The van der Waals surface area contributed by atoms with Crippen molar-refractivity contribution in [2.75, 3.05) is 6.61 Å². The molecule has 130 valence electrons. The minimum absolute atomic E-state index is 0.0792. The number of rotatable bonds is 5. The van der Waals surface area contributed by atoms with Crippen LogP contribution in [-0.2, 0) is 6.54 Å². The van der Waals surface area contributed by atoms with Gasteiger partial charge in [0.15, 0.2) is 0 Å². The highest BCUT2D eigenvalue weighted by Gasteiger charge is 2.12. The quantitative estimate of drug-likeness (QED) is 0.582. The average molecular weight is 362 g/mol. The summed E-state index contributed by atoms with van der Waals surface area (Å²) < 4.78 is 1.75. The van der Waals surface area contributed by atoms with E-state index in [1.54, 1.807) is 16.0 Å². The third kappa shape index (κ3) is 3.29. The van der Waals surface area contributed by atoms with E-state index in [1.807, 2.05) is 43.5 Å². The molecule has 0 saturated carbocycles. The molecule has 4 aromatic rings. The highest BCUT2D eigenvalue weighted by Crippen LogP contribution is 2.34. The smallest absolute Gasteiger partial charge is 0.148 e. The average Bonchev–Trinajstić information content (AvgIpc) is 3.31. The monoisotopic (exact) mass is 362 g/mol. The van der Waals surface area contributed by atoms with Crippen molar-refractivity contribution in [1.82, 2.24) is 20.0 Å². The van der Waals surface area contributed by atoms with E-state index in [-0.39, 0.29) is 6.61 Å². The van der Waals surface area contributed by atoms with Gasteiger partial charge in [-0.25, -0.2) is 0 Å². The third-order valence-electron chi connectivity index (χ3n) is 4.12. The fourth-order valence-corrected chi connectivity index (χ4v) is 3.65. The van der Waals surface area contributed by atoms with Crippen LogP contribution in [0.4, 0.5) is 0 Å². The van der Waals surface area contributed by atoms with Gasteiger partial charge in [-0.15, -0.1) is 10.2 Å². The molecule has 0 atom stereocenters. The number of aromatic nitrogens is 4. The molecule has 0 unspecified atom stereocenters. The lowest BCUT2D eigenvalue weighted by atomic mass is 9.97. The van der Waals surface area contributed by atoms with E-state index in [0.29, 0.717) is 6.54 Å². The Labute approximate surface area is 155 Å². The van der Waals surface area contributed by atoms with Gasteiger partial charge in [-0.05, 0) is 30.2 Å². The second-order valence-electron chi connectivity index (χ2n) is 5.94. The summed E-state index contributed by atoms with van der Waals surface area (Å²) in [5, 5.41) is 23.9. The lowest BCUT2D eigenvalue weighted by Crippen LogP contribution is -2.02. The first-order valence-electron chi connectivity index (χ1n) is 8.39. The van der Waals surface area contributed by atoms with Crippen LogP contribution in [0.2, 0.25) is 0 Å². The minimum atomic E-state index is 0.0792. The van der Waals surface area contributed by atoms with Crippen LogP contribution in [0.1, 0.15) is 5.01 Å². The first-order valence-corrected chi connectivity index (χ1v) is 9.21. The van der Waals surface area contributed by atoms with Gasteiger partial charge in [-0.2, -0.15) is 5.10 Å². The maximum atomic E-state index is 9.06. The number of hydrogen-bond donors (Lipinski definition) is 1. The van der Waals surface area contributed by atoms with E-state index < -0.39 is 0 Å². The largest absolute Gasteiger partial charge is 0.394 e. The van der Waals surface area contributed by atoms with E-state index in [0.717, 1.165) is 38.0 Å². The Balaban J connectivity index is 1.75. The van der Waals surface area contributed by atoms with Gasteiger partial charge >= 0.3 is 0 Å². The summed E-state index contributed by atoms with van der Waals surface area (Å²) in [5.74, 6) is 0. The lowest BCUT2D eigenvalue weighted by Gasteiger charge is -2.08. The van der Waals surface area contributed by atoms with Gasteiger partial charge in [0.2, 0.25) is 0 Å². The van der Waals surface area contributed by atoms with Crippen molar-refractivity contribution in [2.24, 2.45) is 0 Å². The minimum Gasteiger partial charge on any atom is -0.394 e. The molecule has 26 heavy (non-hydrogen) atoms. The summed E-state index contributed by atoms with van der Waals surface area (Å²) in [6.45, 7) is 2.54. The van der Waals surface area contributed by atoms with Crippen molar-refractivity contribution < 1.29 is 5.11 Å². The molecule has 0 spiro atoms. The van der Waals surface area contributed by atoms with E-state index in [4.69, 9.17) is 5.11 Å². The Bertz CT molecular complexity index is 1040. The molecule has 5 nitrogen and oxygen atoms in total. The van der Waals surface area contributed by atoms with Crippen molar-refractivity contribution in [3.8, 4) is 33.0 Å². The second-order valence-corrected chi connectivity index (χ2v) is 7.12. The normalized spacial score (nSPS) is 11.0. The summed E-state index contributed by atoms with van der Waals surface area (Å²) >= 11 is 1.60. The molecule has 0 radical (unpaired) electrons. The van der Waals surface area contributed by atoms with Gasteiger partial charge in [-0.3, -0.25) is 4.68 Å². The summed E-state index contributed by atoms with van der Waals surface area (Å²) in [4.78, 5) is 0. The number of aliphatic hydroxyl groups excluding tert-OH is 1. The number of aryl methyl sites for hydroxylation is 1. The maximum Gasteiger partial charge on any atom is 0.148 e. The first-order chi connectivity index (χ1) is 12.7. The van der Waals surface area contributed by atoms with Gasteiger partial charge in [0.25, 0.3) is 0 Å². The molecule has 2 aromatic carbocycles. The molecule has 0 aliphatic heterocycles. The molecule has 0 aliphatic carbocycles. The number of hydrogen-bond acceptors (Lipinski definition) is 5. The summed E-state index contributed by atoms with van der Waals surface area (Å²) in [6, 6.07) is 18.5. The molecule has 0 amide bonds. The van der Waals surface area contributed by atoms with Crippen LogP contribution < -0.4 is 0 Å². The second kappa shape index (κ2) is 7.19. The predicted octanol–water partition coefficient (Wildman–Crippen LogP) is 4.04. The van der Waals surface area contributed by atoms with Gasteiger partial charge < -0.3 is 5.11 Å². The summed E-state index contributed by atoms with van der Waals surface area (Å²) in [7, 11) is 0. The molecular weight excluding hydrogens is 344 g/mol. The Hall–Kier alpha value is -2.83. The molecule has 4 rings (SSSR count). The lowest BCUT2D eigenvalue weighted by molar-refractivity contribution is 0.269. The zero-order chi connectivity index (χ0) is 17.9. The highest BCUT2D eigenvalue weighted by molar-refractivity contribution is 7.14. The van der Waals surface area contributed by atoms with Crippen LogP contribution in [0.25, 0.3) is 33.0 Å². The highest BCUT2D eigenvalue weighted by atomic mass is 32.1. The molecule has 0 fully saturated rings. The third-order valence-corrected chi connectivity index (χ3v) is 4.99. The number of nitrogens with zero attached hydrogens (tertiary/aromatic N) is 4. The summed E-state index contributed by atoms with van der Waals surface area (Å²) in [5.41, 5.74) is 5.26. The molecule has 2 aromatic heterocycles. The van der Waals surface area contributed by atoms with Gasteiger partial charge in [-0.1, -0.05) is 53.8 Å². The fraction of sp³-hybridized carbons (Fsp3) is 0.150. The van der Waals surface area contributed by atoms with Crippen LogP contribution in [-0.4, -0.2) is 31.7 Å². The Morgan fingerprint density at radius 1 is 0.962 bits per heavy atom. The molecular formula is C20H18N4OS. The van der Waals surface area contributed by atoms with Crippen molar-refractivity contribution in [1.29, 1.82) is 0 Å².